The standard InChI is InChI=1S/C28H26N2O/c1-2-6-21-17-22(11-10-20(21)5-1)23-18-24-12-13-25(19-23)30(24)15-16-31-28-9-3-8-27-26(28)7-4-14-29-27/h1-11,14,17-18,24-25H,12-13,15-16,19H2. The summed E-state index contributed by atoms with van der Waals surface area (Å²) in [6.07, 6.45) is 8.00. The van der Waals surface area contributed by atoms with Crippen LogP contribution in [0, 0.1) is 0 Å². The van der Waals surface area contributed by atoms with Crippen molar-refractivity contribution in [1.82, 2.24) is 9.88 Å². The lowest BCUT2D eigenvalue weighted by Gasteiger charge is -2.34. The lowest BCUT2D eigenvalue weighted by molar-refractivity contribution is 0.170. The van der Waals surface area contributed by atoms with E-state index in [1.54, 1.807) is 0 Å². The average molecular weight is 407 g/mol. The van der Waals surface area contributed by atoms with Crippen LogP contribution in [0.3, 0.4) is 0 Å². The van der Waals surface area contributed by atoms with Crippen molar-refractivity contribution in [3.05, 3.63) is 90.6 Å². The summed E-state index contributed by atoms with van der Waals surface area (Å²) in [5.74, 6) is 0.933. The third-order valence-electron chi connectivity index (χ3n) is 6.87. The van der Waals surface area contributed by atoms with Gasteiger partial charge < -0.3 is 4.74 Å². The minimum absolute atomic E-state index is 0.526. The monoisotopic (exact) mass is 406 g/mol. The molecule has 3 heterocycles. The third kappa shape index (κ3) is 3.49. The van der Waals surface area contributed by atoms with Crippen LogP contribution in [0.5, 0.6) is 5.75 Å². The molecule has 0 N–H and O–H groups in total. The van der Waals surface area contributed by atoms with Crippen LogP contribution in [0.4, 0.5) is 0 Å². The molecule has 3 nitrogen and oxygen atoms in total. The number of hydrogen-bond acceptors (Lipinski definition) is 3. The first-order valence-corrected chi connectivity index (χ1v) is 11.3. The van der Waals surface area contributed by atoms with Gasteiger partial charge in [0, 0.05) is 30.2 Å². The lowest BCUT2D eigenvalue weighted by Crippen LogP contribution is -2.40. The molecule has 1 saturated heterocycles. The molecule has 1 fully saturated rings. The molecular formula is C28H26N2O. The summed E-state index contributed by atoms with van der Waals surface area (Å²) < 4.78 is 6.20. The molecule has 1 aromatic heterocycles. The molecule has 4 aromatic rings. The first-order chi connectivity index (χ1) is 15.3. The second-order valence-electron chi connectivity index (χ2n) is 8.67. The second-order valence-corrected chi connectivity index (χ2v) is 8.67. The maximum Gasteiger partial charge on any atom is 0.128 e. The number of rotatable bonds is 5. The minimum atomic E-state index is 0.526. The minimum Gasteiger partial charge on any atom is -0.492 e. The van der Waals surface area contributed by atoms with Crippen LogP contribution >= 0.6 is 0 Å². The largest absolute Gasteiger partial charge is 0.492 e. The van der Waals surface area contributed by atoms with Crippen molar-refractivity contribution in [2.75, 3.05) is 13.2 Å². The van der Waals surface area contributed by atoms with Gasteiger partial charge >= 0.3 is 0 Å². The molecule has 0 saturated carbocycles. The Morgan fingerprint density at radius 3 is 2.77 bits per heavy atom. The van der Waals surface area contributed by atoms with E-state index in [4.69, 9.17) is 4.74 Å². The highest BCUT2D eigenvalue weighted by Gasteiger charge is 2.36. The van der Waals surface area contributed by atoms with Crippen LogP contribution < -0.4 is 4.74 Å². The van der Waals surface area contributed by atoms with E-state index in [2.05, 4.69) is 64.5 Å². The Kier molecular flexibility index (Phi) is 4.69. The highest BCUT2D eigenvalue weighted by Crippen LogP contribution is 2.39. The summed E-state index contributed by atoms with van der Waals surface area (Å²) in [7, 11) is 0. The SMILES string of the molecule is C1=C(c2ccc3ccccc3c2)CC2CCC1N2CCOc1cccc2ncccc12. The van der Waals surface area contributed by atoms with Crippen LogP contribution in [0.25, 0.3) is 27.2 Å². The first kappa shape index (κ1) is 18.6. The van der Waals surface area contributed by atoms with Crippen LogP contribution in [0.1, 0.15) is 24.8 Å². The summed E-state index contributed by atoms with van der Waals surface area (Å²) >= 11 is 0. The summed E-state index contributed by atoms with van der Waals surface area (Å²) in [6, 6.07) is 26.8. The number of pyridine rings is 1. The van der Waals surface area contributed by atoms with Crippen molar-refractivity contribution in [3.63, 3.8) is 0 Å². The summed E-state index contributed by atoms with van der Waals surface area (Å²) in [6.45, 7) is 1.67. The van der Waals surface area contributed by atoms with Gasteiger partial charge in [0.25, 0.3) is 0 Å². The first-order valence-electron chi connectivity index (χ1n) is 11.3. The van der Waals surface area contributed by atoms with Gasteiger partial charge in [0.15, 0.2) is 0 Å². The van der Waals surface area contributed by atoms with Gasteiger partial charge in [-0.25, -0.2) is 0 Å². The van der Waals surface area contributed by atoms with Gasteiger partial charge in [0.05, 0.1) is 5.52 Å². The number of hydrogen-bond donors (Lipinski definition) is 0. The second kappa shape index (κ2) is 7.82. The maximum absolute atomic E-state index is 6.20. The Labute approximate surface area is 183 Å². The topological polar surface area (TPSA) is 25.4 Å². The van der Waals surface area contributed by atoms with Gasteiger partial charge in [-0.3, -0.25) is 9.88 Å². The highest BCUT2D eigenvalue weighted by atomic mass is 16.5. The molecule has 2 bridgehead atoms. The molecule has 2 aliphatic rings. The number of benzene rings is 3. The van der Waals surface area contributed by atoms with Crippen molar-refractivity contribution in [1.29, 1.82) is 0 Å². The molecule has 6 rings (SSSR count). The lowest BCUT2D eigenvalue weighted by atomic mass is 9.93. The quantitative estimate of drug-likeness (QED) is 0.401. The summed E-state index contributed by atoms with van der Waals surface area (Å²) in [4.78, 5) is 7.08. The van der Waals surface area contributed by atoms with Crippen molar-refractivity contribution < 1.29 is 4.74 Å². The van der Waals surface area contributed by atoms with Crippen molar-refractivity contribution in [2.45, 2.75) is 31.3 Å². The summed E-state index contributed by atoms with van der Waals surface area (Å²) in [5, 5.41) is 3.73. The molecular weight excluding hydrogens is 380 g/mol. The molecule has 3 aromatic carbocycles. The van der Waals surface area contributed by atoms with Gasteiger partial charge in [-0.15, -0.1) is 0 Å². The zero-order chi connectivity index (χ0) is 20.6. The molecule has 31 heavy (non-hydrogen) atoms. The van der Waals surface area contributed by atoms with Gasteiger partial charge in [0.1, 0.15) is 12.4 Å². The van der Waals surface area contributed by atoms with Crippen molar-refractivity contribution >= 4 is 27.2 Å². The fraction of sp³-hybridized carbons (Fsp3) is 0.250. The average Bonchev–Trinajstić information content (AvgIpc) is 3.05. The molecule has 0 spiro atoms. The predicted octanol–water partition coefficient (Wildman–Crippen LogP) is 6.09. The van der Waals surface area contributed by atoms with E-state index in [0.29, 0.717) is 18.7 Å². The normalized spacial score (nSPS) is 20.8. The zero-order valence-electron chi connectivity index (χ0n) is 17.6. The van der Waals surface area contributed by atoms with Gasteiger partial charge in [-0.2, -0.15) is 0 Å². The fourth-order valence-corrected chi connectivity index (χ4v) is 5.33. The summed E-state index contributed by atoms with van der Waals surface area (Å²) in [5.41, 5.74) is 3.88. The van der Waals surface area contributed by atoms with Crippen molar-refractivity contribution in [3.8, 4) is 5.75 Å². The third-order valence-corrected chi connectivity index (χ3v) is 6.87. The van der Waals surface area contributed by atoms with E-state index in [9.17, 15) is 0 Å². The predicted molar refractivity (Wildman–Crippen MR) is 127 cm³/mol. The van der Waals surface area contributed by atoms with Gasteiger partial charge in [0.2, 0.25) is 0 Å². The Morgan fingerprint density at radius 2 is 1.84 bits per heavy atom. The smallest absolute Gasteiger partial charge is 0.128 e. The fourth-order valence-electron chi connectivity index (χ4n) is 5.33. The van der Waals surface area contributed by atoms with Crippen LogP contribution in [-0.4, -0.2) is 35.1 Å². The number of nitrogens with zero attached hydrogens (tertiary/aromatic N) is 2. The Bertz CT molecular complexity index is 1270. The van der Waals surface area contributed by atoms with Crippen LogP contribution in [0.2, 0.25) is 0 Å². The molecule has 2 aliphatic heterocycles. The van der Waals surface area contributed by atoms with Crippen LogP contribution in [-0.2, 0) is 0 Å². The Morgan fingerprint density at radius 1 is 0.903 bits per heavy atom. The van der Waals surface area contributed by atoms with E-state index < -0.39 is 0 Å². The van der Waals surface area contributed by atoms with E-state index in [1.807, 2.05) is 30.5 Å². The number of aromatic nitrogens is 1. The van der Waals surface area contributed by atoms with Gasteiger partial charge in [-0.05, 0) is 71.5 Å². The highest BCUT2D eigenvalue weighted by molar-refractivity contribution is 5.87. The van der Waals surface area contributed by atoms with E-state index in [-0.39, 0.29) is 0 Å². The molecule has 0 aliphatic carbocycles. The molecule has 0 amide bonds. The molecule has 154 valence electrons. The molecule has 2 atom stereocenters. The van der Waals surface area contributed by atoms with Crippen molar-refractivity contribution in [2.24, 2.45) is 0 Å². The van der Waals surface area contributed by atoms with E-state index in [0.717, 1.165) is 29.6 Å². The number of fused-ring (bicyclic) bond motifs is 4. The zero-order valence-corrected chi connectivity index (χ0v) is 17.6. The number of ether oxygens (including phenoxy) is 1. The van der Waals surface area contributed by atoms with E-state index in [1.165, 1.54) is 34.8 Å². The molecule has 3 heteroatoms. The van der Waals surface area contributed by atoms with E-state index >= 15 is 0 Å². The van der Waals surface area contributed by atoms with Gasteiger partial charge in [-0.1, -0.05) is 48.5 Å². The van der Waals surface area contributed by atoms with Crippen LogP contribution in [0.15, 0.2) is 85.1 Å². The maximum atomic E-state index is 6.20. The molecule has 0 radical (unpaired) electrons. The Balaban J connectivity index is 1.17. The Hall–Kier alpha value is -3.17. The molecule has 2 unspecified atom stereocenters.